The van der Waals surface area contributed by atoms with E-state index >= 15 is 0 Å². The molecule has 1 amide bonds. The molecule has 3 N–H and O–H groups in total. The van der Waals surface area contributed by atoms with Crippen LogP contribution in [-0.4, -0.2) is 72.6 Å². The molecule has 1 saturated heterocycles. The Balaban J connectivity index is 2.19. The number of aliphatic hydroxyl groups excluding tert-OH is 1. The molecule has 1 aliphatic rings. The number of amides is 1. The summed E-state index contributed by atoms with van der Waals surface area (Å²) in [5.74, 6) is -0.00274. The molecule has 1 heterocycles. The smallest absolute Gasteiger partial charge is 0.236 e. The second kappa shape index (κ2) is 6.15. The van der Waals surface area contributed by atoms with Gasteiger partial charge in [0.15, 0.2) is 0 Å². The molecule has 1 atom stereocenters. The number of nitrogens with zero attached hydrogens (tertiary/aromatic N) is 1. The Kier molecular flexibility index (Phi) is 5.14. The summed E-state index contributed by atoms with van der Waals surface area (Å²) in [5.41, 5.74) is -1.18. The molecular formula is C10H20N2O4. The van der Waals surface area contributed by atoms with E-state index in [9.17, 15) is 9.90 Å². The lowest BCUT2D eigenvalue weighted by Crippen LogP contribution is -2.48. The number of ether oxygens (including phenoxy) is 1. The second-order valence-corrected chi connectivity index (χ2v) is 4.25. The normalized spacial score (nSPS) is 20.6. The van der Waals surface area contributed by atoms with Gasteiger partial charge in [-0.05, 0) is 6.92 Å². The van der Waals surface area contributed by atoms with Crippen LogP contribution in [0.3, 0.4) is 0 Å². The number of rotatable bonds is 5. The Morgan fingerprint density at radius 1 is 1.50 bits per heavy atom. The van der Waals surface area contributed by atoms with Gasteiger partial charge in [-0.3, -0.25) is 4.79 Å². The maximum Gasteiger partial charge on any atom is 0.236 e. The highest BCUT2D eigenvalue weighted by molar-refractivity contribution is 5.78. The summed E-state index contributed by atoms with van der Waals surface area (Å²) in [7, 11) is 0. The Labute approximate surface area is 95.2 Å². The fourth-order valence-corrected chi connectivity index (χ4v) is 1.42. The molecule has 1 aliphatic heterocycles. The molecule has 6 heteroatoms. The van der Waals surface area contributed by atoms with Crippen LogP contribution in [0.2, 0.25) is 0 Å². The summed E-state index contributed by atoms with van der Waals surface area (Å²) in [6, 6.07) is 0. The van der Waals surface area contributed by atoms with Crippen LogP contribution < -0.4 is 5.32 Å². The zero-order chi connectivity index (χ0) is 12.0. The van der Waals surface area contributed by atoms with E-state index in [1.54, 1.807) is 4.90 Å². The average Bonchev–Trinajstić information content (AvgIpc) is 2.30. The highest BCUT2D eigenvalue weighted by Gasteiger charge is 2.20. The molecule has 0 aliphatic carbocycles. The number of carbonyl (C=O) groups is 1. The highest BCUT2D eigenvalue weighted by Crippen LogP contribution is 1.99. The fraction of sp³-hybridized carbons (Fsp3) is 0.900. The lowest BCUT2D eigenvalue weighted by molar-refractivity contribution is -0.134. The summed E-state index contributed by atoms with van der Waals surface area (Å²) < 4.78 is 5.14. The first-order valence-corrected chi connectivity index (χ1v) is 5.45. The van der Waals surface area contributed by atoms with Crippen molar-refractivity contribution in [3.8, 4) is 0 Å². The molecule has 16 heavy (non-hydrogen) atoms. The maximum atomic E-state index is 11.6. The minimum Gasteiger partial charge on any atom is -0.393 e. The third kappa shape index (κ3) is 4.44. The lowest BCUT2D eigenvalue weighted by atomic mass is 10.1. The molecule has 1 unspecified atom stereocenters. The summed E-state index contributed by atoms with van der Waals surface area (Å²) in [6.07, 6.45) is 0. The van der Waals surface area contributed by atoms with Crippen molar-refractivity contribution in [2.75, 3.05) is 46.0 Å². The van der Waals surface area contributed by atoms with Gasteiger partial charge >= 0.3 is 0 Å². The summed E-state index contributed by atoms with van der Waals surface area (Å²) in [5, 5.41) is 21.1. The third-order valence-corrected chi connectivity index (χ3v) is 2.49. The van der Waals surface area contributed by atoms with Gasteiger partial charge in [-0.15, -0.1) is 0 Å². The molecule has 0 bridgehead atoms. The maximum absolute atomic E-state index is 11.6. The minimum absolute atomic E-state index is 0.00274. The SMILES string of the molecule is CC(O)(CO)CNCC(=O)N1CCOCC1. The van der Waals surface area contributed by atoms with Gasteiger partial charge in [-0.2, -0.15) is 0 Å². The molecule has 6 nitrogen and oxygen atoms in total. The minimum atomic E-state index is -1.18. The monoisotopic (exact) mass is 232 g/mol. The van der Waals surface area contributed by atoms with Crippen molar-refractivity contribution in [1.29, 1.82) is 0 Å². The number of nitrogens with one attached hydrogen (secondary N) is 1. The summed E-state index contributed by atoms with van der Waals surface area (Å²) in [6.45, 7) is 3.97. The molecule has 0 aromatic carbocycles. The first-order valence-electron chi connectivity index (χ1n) is 5.45. The molecule has 1 fully saturated rings. The molecule has 0 spiro atoms. The van der Waals surface area contributed by atoms with E-state index in [2.05, 4.69) is 5.32 Å². The van der Waals surface area contributed by atoms with Crippen molar-refractivity contribution in [2.24, 2.45) is 0 Å². The first-order chi connectivity index (χ1) is 7.55. The van der Waals surface area contributed by atoms with Gasteiger partial charge in [0.1, 0.15) is 0 Å². The summed E-state index contributed by atoms with van der Waals surface area (Å²) in [4.78, 5) is 13.4. The molecule has 0 radical (unpaired) electrons. The van der Waals surface area contributed by atoms with Crippen LogP contribution in [0.15, 0.2) is 0 Å². The lowest BCUT2D eigenvalue weighted by Gasteiger charge is -2.27. The van der Waals surface area contributed by atoms with Gasteiger partial charge in [0, 0.05) is 19.6 Å². The number of carbonyl (C=O) groups excluding carboxylic acids is 1. The van der Waals surface area contributed by atoms with Gasteiger partial charge in [0.25, 0.3) is 0 Å². The van der Waals surface area contributed by atoms with Crippen LogP contribution in [0.1, 0.15) is 6.92 Å². The van der Waals surface area contributed by atoms with Crippen molar-refractivity contribution in [1.82, 2.24) is 10.2 Å². The van der Waals surface area contributed by atoms with Gasteiger partial charge in [0.2, 0.25) is 5.91 Å². The van der Waals surface area contributed by atoms with E-state index in [4.69, 9.17) is 9.84 Å². The van der Waals surface area contributed by atoms with Crippen LogP contribution in [0.5, 0.6) is 0 Å². The van der Waals surface area contributed by atoms with E-state index in [1.165, 1.54) is 6.92 Å². The van der Waals surface area contributed by atoms with E-state index in [1.807, 2.05) is 0 Å². The van der Waals surface area contributed by atoms with Crippen molar-refractivity contribution in [3.05, 3.63) is 0 Å². The van der Waals surface area contributed by atoms with Crippen molar-refractivity contribution in [2.45, 2.75) is 12.5 Å². The molecule has 0 saturated carbocycles. The first kappa shape index (κ1) is 13.4. The fourth-order valence-electron chi connectivity index (χ4n) is 1.42. The van der Waals surface area contributed by atoms with Gasteiger partial charge < -0.3 is 25.2 Å². The van der Waals surface area contributed by atoms with E-state index in [-0.39, 0.29) is 25.6 Å². The van der Waals surface area contributed by atoms with Crippen molar-refractivity contribution in [3.63, 3.8) is 0 Å². The zero-order valence-corrected chi connectivity index (χ0v) is 9.61. The predicted octanol–water partition coefficient (Wildman–Crippen LogP) is -1.82. The van der Waals surface area contributed by atoms with Crippen LogP contribution in [-0.2, 0) is 9.53 Å². The quantitative estimate of drug-likeness (QED) is 0.520. The van der Waals surface area contributed by atoms with Gasteiger partial charge in [-0.1, -0.05) is 0 Å². The van der Waals surface area contributed by atoms with Gasteiger partial charge in [0.05, 0.1) is 32.0 Å². The van der Waals surface area contributed by atoms with E-state index < -0.39 is 5.60 Å². The van der Waals surface area contributed by atoms with Crippen molar-refractivity contribution < 1.29 is 19.7 Å². The van der Waals surface area contributed by atoms with Crippen LogP contribution in [0.4, 0.5) is 0 Å². The Morgan fingerprint density at radius 3 is 2.69 bits per heavy atom. The van der Waals surface area contributed by atoms with Crippen LogP contribution in [0.25, 0.3) is 0 Å². The molecule has 94 valence electrons. The van der Waals surface area contributed by atoms with Crippen LogP contribution >= 0.6 is 0 Å². The Bertz CT molecular complexity index is 227. The Morgan fingerprint density at radius 2 is 2.12 bits per heavy atom. The largest absolute Gasteiger partial charge is 0.393 e. The third-order valence-electron chi connectivity index (χ3n) is 2.49. The standard InChI is InChI=1S/C10H20N2O4/c1-10(15,8-13)7-11-6-9(14)12-2-4-16-5-3-12/h11,13,15H,2-8H2,1H3. The number of aliphatic hydroxyl groups is 2. The number of morpholine rings is 1. The highest BCUT2D eigenvalue weighted by atomic mass is 16.5. The predicted molar refractivity (Wildman–Crippen MR) is 58.0 cm³/mol. The topological polar surface area (TPSA) is 82.0 Å². The van der Waals surface area contributed by atoms with Gasteiger partial charge in [-0.25, -0.2) is 0 Å². The van der Waals surface area contributed by atoms with E-state index in [0.717, 1.165) is 0 Å². The summed E-state index contributed by atoms with van der Waals surface area (Å²) >= 11 is 0. The molecule has 0 aromatic heterocycles. The molecular weight excluding hydrogens is 212 g/mol. The Hall–Kier alpha value is -0.690. The van der Waals surface area contributed by atoms with Crippen LogP contribution in [0, 0.1) is 0 Å². The zero-order valence-electron chi connectivity index (χ0n) is 9.61. The average molecular weight is 232 g/mol. The van der Waals surface area contributed by atoms with Crippen molar-refractivity contribution >= 4 is 5.91 Å². The number of hydrogen-bond donors (Lipinski definition) is 3. The number of hydrogen-bond acceptors (Lipinski definition) is 5. The molecule has 1 rings (SSSR count). The second-order valence-electron chi connectivity index (χ2n) is 4.25. The van der Waals surface area contributed by atoms with E-state index in [0.29, 0.717) is 26.3 Å². The molecule has 0 aromatic rings.